The summed E-state index contributed by atoms with van der Waals surface area (Å²) in [6, 6.07) is 2.52. The fourth-order valence-electron chi connectivity index (χ4n) is 2.74. The number of benzene rings is 1. The highest BCUT2D eigenvalue weighted by Crippen LogP contribution is 2.34. The van der Waals surface area contributed by atoms with Crippen LogP contribution in [-0.4, -0.2) is 24.8 Å². The van der Waals surface area contributed by atoms with Crippen LogP contribution in [0.2, 0.25) is 0 Å². The van der Waals surface area contributed by atoms with E-state index < -0.39 is 0 Å². The van der Waals surface area contributed by atoms with Crippen molar-refractivity contribution in [1.82, 2.24) is 5.32 Å². The number of rotatable bonds is 3. The van der Waals surface area contributed by atoms with E-state index in [1.807, 2.05) is 19.9 Å². The van der Waals surface area contributed by atoms with E-state index in [1.165, 1.54) is 19.3 Å². The Morgan fingerprint density at radius 3 is 2.78 bits per heavy atom. The Hall–Kier alpha value is -1.22. The molecule has 0 spiro atoms. The molecule has 1 saturated heterocycles. The van der Waals surface area contributed by atoms with Crippen molar-refractivity contribution in [3.63, 3.8) is 0 Å². The van der Waals surface area contributed by atoms with Crippen molar-refractivity contribution in [2.45, 2.75) is 45.6 Å². The Bertz CT molecular complexity index is 423. The maximum Gasteiger partial charge on any atom is 0.125 e. The molecular weight excluding hydrogens is 226 g/mol. The molecule has 0 amide bonds. The summed E-state index contributed by atoms with van der Waals surface area (Å²) in [5.74, 6) is 1.17. The molecule has 0 aliphatic carbocycles. The van der Waals surface area contributed by atoms with Gasteiger partial charge in [0.25, 0.3) is 0 Å². The standard InChI is InChI=1S/C15H23NO2/c1-10-8-14(18-3)11(2)15(17)13(10)9-12-6-4-5-7-16-12/h8,12,16-17H,4-7,9H2,1-3H3. The molecule has 3 nitrogen and oxygen atoms in total. The summed E-state index contributed by atoms with van der Waals surface area (Å²) in [5, 5.41) is 13.8. The number of phenolic OH excluding ortho intramolecular Hbond substituents is 1. The molecule has 0 bridgehead atoms. The molecular formula is C15H23NO2. The van der Waals surface area contributed by atoms with Gasteiger partial charge in [-0.05, 0) is 56.8 Å². The topological polar surface area (TPSA) is 41.5 Å². The van der Waals surface area contributed by atoms with Crippen molar-refractivity contribution in [2.75, 3.05) is 13.7 Å². The second-order valence-electron chi connectivity index (χ2n) is 5.20. The smallest absolute Gasteiger partial charge is 0.125 e. The quantitative estimate of drug-likeness (QED) is 0.865. The van der Waals surface area contributed by atoms with Crippen LogP contribution in [0.5, 0.6) is 11.5 Å². The Morgan fingerprint density at radius 2 is 2.17 bits per heavy atom. The van der Waals surface area contributed by atoms with Gasteiger partial charge in [-0.1, -0.05) is 6.42 Å². The van der Waals surface area contributed by atoms with Crippen LogP contribution >= 0.6 is 0 Å². The van der Waals surface area contributed by atoms with Crippen molar-refractivity contribution in [3.8, 4) is 11.5 Å². The predicted molar refractivity (Wildman–Crippen MR) is 73.5 cm³/mol. The lowest BCUT2D eigenvalue weighted by molar-refractivity contribution is 0.384. The number of methoxy groups -OCH3 is 1. The van der Waals surface area contributed by atoms with E-state index >= 15 is 0 Å². The zero-order valence-electron chi connectivity index (χ0n) is 11.5. The summed E-state index contributed by atoms with van der Waals surface area (Å²) in [6.07, 6.45) is 4.65. The zero-order chi connectivity index (χ0) is 13.1. The molecule has 1 aromatic carbocycles. The molecule has 100 valence electrons. The van der Waals surface area contributed by atoms with Crippen LogP contribution in [0.25, 0.3) is 0 Å². The Morgan fingerprint density at radius 1 is 1.39 bits per heavy atom. The number of ether oxygens (including phenoxy) is 1. The van der Waals surface area contributed by atoms with Crippen molar-refractivity contribution >= 4 is 0 Å². The predicted octanol–water partition coefficient (Wildman–Crippen LogP) is 2.70. The summed E-state index contributed by atoms with van der Waals surface area (Å²) < 4.78 is 5.28. The van der Waals surface area contributed by atoms with E-state index in [1.54, 1.807) is 7.11 Å². The van der Waals surface area contributed by atoms with Crippen LogP contribution in [0.15, 0.2) is 6.07 Å². The van der Waals surface area contributed by atoms with Gasteiger partial charge in [-0.15, -0.1) is 0 Å². The summed E-state index contributed by atoms with van der Waals surface area (Å²) in [7, 11) is 1.64. The van der Waals surface area contributed by atoms with E-state index in [9.17, 15) is 5.11 Å². The van der Waals surface area contributed by atoms with Crippen LogP contribution in [0.1, 0.15) is 36.0 Å². The van der Waals surface area contributed by atoms with Crippen LogP contribution in [0.3, 0.4) is 0 Å². The van der Waals surface area contributed by atoms with Gasteiger partial charge in [-0.2, -0.15) is 0 Å². The molecule has 3 heteroatoms. The van der Waals surface area contributed by atoms with Crippen molar-refractivity contribution < 1.29 is 9.84 Å². The number of nitrogens with one attached hydrogen (secondary N) is 1. The number of phenols is 1. The van der Waals surface area contributed by atoms with Gasteiger partial charge in [0.05, 0.1) is 7.11 Å². The molecule has 1 unspecified atom stereocenters. The first-order valence-corrected chi connectivity index (χ1v) is 6.73. The van der Waals surface area contributed by atoms with Gasteiger partial charge in [0.15, 0.2) is 0 Å². The lowest BCUT2D eigenvalue weighted by Gasteiger charge is -2.25. The maximum atomic E-state index is 10.3. The first-order valence-electron chi connectivity index (χ1n) is 6.73. The third kappa shape index (κ3) is 2.61. The molecule has 1 aliphatic rings. The number of hydrogen-bond acceptors (Lipinski definition) is 3. The maximum absolute atomic E-state index is 10.3. The number of hydrogen-bond donors (Lipinski definition) is 2. The van der Waals surface area contributed by atoms with Gasteiger partial charge >= 0.3 is 0 Å². The summed E-state index contributed by atoms with van der Waals surface area (Å²) in [5.41, 5.74) is 3.02. The summed E-state index contributed by atoms with van der Waals surface area (Å²) >= 11 is 0. The molecule has 0 aromatic heterocycles. The summed E-state index contributed by atoms with van der Waals surface area (Å²) in [4.78, 5) is 0. The van der Waals surface area contributed by atoms with Crippen molar-refractivity contribution in [3.05, 3.63) is 22.8 Å². The molecule has 2 N–H and O–H groups in total. The lowest BCUT2D eigenvalue weighted by Crippen LogP contribution is -2.35. The molecule has 1 fully saturated rings. The SMILES string of the molecule is COc1cc(C)c(CC2CCCCN2)c(O)c1C. The number of piperidine rings is 1. The molecule has 18 heavy (non-hydrogen) atoms. The normalized spacial score (nSPS) is 19.8. The Kier molecular flexibility index (Phi) is 4.12. The molecule has 0 radical (unpaired) electrons. The molecule has 0 saturated carbocycles. The van der Waals surface area contributed by atoms with Crippen molar-refractivity contribution in [1.29, 1.82) is 0 Å². The minimum absolute atomic E-state index is 0.402. The fourth-order valence-corrected chi connectivity index (χ4v) is 2.74. The zero-order valence-corrected chi connectivity index (χ0v) is 11.5. The van der Waals surface area contributed by atoms with E-state index in [0.717, 1.165) is 35.4 Å². The summed E-state index contributed by atoms with van der Waals surface area (Å²) in [6.45, 7) is 5.05. The highest BCUT2D eigenvalue weighted by Gasteiger charge is 2.19. The van der Waals surface area contributed by atoms with E-state index in [-0.39, 0.29) is 0 Å². The average molecular weight is 249 g/mol. The van der Waals surface area contributed by atoms with E-state index in [2.05, 4.69) is 5.32 Å². The van der Waals surface area contributed by atoms with E-state index in [0.29, 0.717) is 11.8 Å². The van der Waals surface area contributed by atoms with Gasteiger partial charge in [0, 0.05) is 11.6 Å². The number of aryl methyl sites for hydroxylation is 1. The van der Waals surface area contributed by atoms with E-state index in [4.69, 9.17) is 4.74 Å². The molecule has 1 aromatic rings. The highest BCUT2D eigenvalue weighted by molar-refractivity contribution is 5.52. The van der Waals surface area contributed by atoms with Gasteiger partial charge < -0.3 is 15.2 Å². The molecule has 1 heterocycles. The van der Waals surface area contributed by atoms with Crippen LogP contribution in [-0.2, 0) is 6.42 Å². The second kappa shape index (κ2) is 5.61. The third-order valence-electron chi connectivity index (χ3n) is 3.92. The number of aromatic hydroxyl groups is 1. The lowest BCUT2D eigenvalue weighted by atomic mass is 9.93. The minimum Gasteiger partial charge on any atom is -0.507 e. The third-order valence-corrected chi connectivity index (χ3v) is 3.92. The van der Waals surface area contributed by atoms with Crippen LogP contribution in [0.4, 0.5) is 0 Å². The van der Waals surface area contributed by atoms with Crippen molar-refractivity contribution in [2.24, 2.45) is 0 Å². The van der Waals surface area contributed by atoms with Gasteiger partial charge in [0.2, 0.25) is 0 Å². The first kappa shape index (κ1) is 13.2. The highest BCUT2D eigenvalue weighted by atomic mass is 16.5. The van der Waals surface area contributed by atoms with Gasteiger partial charge in [-0.25, -0.2) is 0 Å². The Labute approximate surface area is 109 Å². The largest absolute Gasteiger partial charge is 0.507 e. The minimum atomic E-state index is 0.402. The fraction of sp³-hybridized carbons (Fsp3) is 0.600. The van der Waals surface area contributed by atoms with Crippen LogP contribution < -0.4 is 10.1 Å². The second-order valence-corrected chi connectivity index (χ2v) is 5.20. The molecule has 1 aliphatic heterocycles. The molecule has 1 atom stereocenters. The monoisotopic (exact) mass is 249 g/mol. The first-order chi connectivity index (χ1) is 8.63. The Balaban J connectivity index is 2.24. The van der Waals surface area contributed by atoms with Gasteiger partial charge in [0.1, 0.15) is 11.5 Å². The molecule has 2 rings (SSSR count). The van der Waals surface area contributed by atoms with Gasteiger partial charge in [-0.3, -0.25) is 0 Å². The van der Waals surface area contributed by atoms with Crippen LogP contribution in [0, 0.1) is 13.8 Å². The average Bonchev–Trinajstić information content (AvgIpc) is 2.40.